The van der Waals surface area contributed by atoms with Crippen LogP contribution in [0.2, 0.25) is 5.02 Å². The molecule has 0 atom stereocenters. The normalized spacial score (nSPS) is 10.6. The number of nitrogens with zero attached hydrogens (tertiary/aromatic N) is 1. The molecule has 0 saturated heterocycles. The van der Waals surface area contributed by atoms with E-state index >= 15 is 0 Å². The van der Waals surface area contributed by atoms with Gasteiger partial charge in [-0.1, -0.05) is 11.6 Å². The molecular weight excluding hydrogens is 264 g/mol. The number of nitrogens with one attached hydrogen (secondary N) is 1. The summed E-state index contributed by atoms with van der Waals surface area (Å²) in [6.07, 6.45) is 0.626. The van der Waals surface area contributed by atoms with E-state index in [1.54, 1.807) is 30.3 Å². The van der Waals surface area contributed by atoms with Crippen LogP contribution in [0.15, 0.2) is 46.9 Å². The molecule has 0 spiro atoms. The van der Waals surface area contributed by atoms with Crippen LogP contribution >= 0.6 is 11.6 Å². The fourth-order valence-electron chi connectivity index (χ4n) is 1.80. The Labute approximate surface area is 114 Å². The predicted molar refractivity (Wildman–Crippen MR) is 74.1 cm³/mol. The molecule has 0 aliphatic heterocycles. The molecule has 19 heavy (non-hydrogen) atoms. The van der Waals surface area contributed by atoms with E-state index in [0.29, 0.717) is 34.1 Å². The third kappa shape index (κ3) is 2.30. The second-order valence-corrected chi connectivity index (χ2v) is 4.41. The molecule has 0 fully saturated rings. The first-order valence-corrected chi connectivity index (χ1v) is 6.01. The summed E-state index contributed by atoms with van der Waals surface area (Å²) < 4.78 is 5.66. The van der Waals surface area contributed by atoms with E-state index < -0.39 is 0 Å². The zero-order valence-electron chi connectivity index (χ0n) is 9.76. The molecule has 0 unspecified atom stereocenters. The van der Waals surface area contributed by atoms with Crippen LogP contribution in [-0.2, 0) is 4.79 Å². The summed E-state index contributed by atoms with van der Waals surface area (Å²) in [4.78, 5) is 14.8. The van der Waals surface area contributed by atoms with Gasteiger partial charge in [0.25, 0.3) is 0 Å². The van der Waals surface area contributed by atoms with E-state index in [0.717, 1.165) is 5.56 Å². The number of anilines is 1. The highest BCUT2D eigenvalue weighted by atomic mass is 35.5. The first-order valence-electron chi connectivity index (χ1n) is 5.63. The van der Waals surface area contributed by atoms with Gasteiger partial charge in [-0.15, -0.1) is 0 Å². The summed E-state index contributed by atoms with van der Waals surface area (Å²) in [7, 11) is 0. The van der Waals surface area contributed by atoms with Gasteiger partial charge in [0.15, 0.2) is 5.58 Å². The first kappa shape index (κ1) is 11.7. The molecule has 2 aromatic carbocycles. The first-order chi connectivity index (χ1) is 9.26. The lowest BCUT2D eigenvalue weighted by atomic mass is 10.2. The third-order valence-corrected chi connectivity index (χ3v) is 2.96. The van der Waals surface area contributed by atoms with Crippen molar-refractivity contribution in [1.29, 1.82) is 0 Å². The molecule has 1 N–H and O–H groups in total. The lowest BCUT2D eigenvalue weighted by Crippen LogP contribution is -1.92. The van der Waals surface area contributed by atoms with Crippen molar-refractivity contribution in [3.8, 4) is 11.5 Å². The van der Waals surface area contributed by atoms with E-state index in [9.17, 15) is 4.79 Å². The van der Waals surface area contributed by atoms with Gasteiger partial charge in [-0.25, -0.2) is 4.98 Å². The fourth-order valence-corrected chi connectivity index (χ4v) is 1.93. The topological polar surface area (TPSA) is 55.1 Å². The lowest BCUT2D eigenvalue weighted by Gasteiger charge is -1.95. The van der Waals surface area contributed by atoms with Crippen molar-refractivity contribution in [3.63, 3.8) is 0 Å². The lowest BCUT2D eigenvalue weighted by molar-refractivity contribution is -0.105. The summed E-state index contributed by atoms with van der Waals surface area (Å²) >= 11 is 5.84. The van der Waals surface area contributed by atoms with Gasteiger partial charge in [-0.05, 0) is 42.5 Å². The summed E-state index contributed by atoms with van der Waals surface area (Å²) in [5.41, 5.74) is 2.89. The van der Waals surface area contributed by atoms with Crippen LogP contribution in [-0.4, -0.2) is 11.4 Å². The van der Waals surface area contributed by atoms with Crippen molar-refractivity contribution < 1.29 is 9.21 Å². The van der Waals surface area contributed by atoms with Gasteiger partial charge in [0.2, 0.25) is 12.3 Å². The Bertz CT molecular complexity index is 735. The largest absolute Gasteiger partial charge is 0.436 e. The summed E-state index contributed by atoms with van der Waals surface area (Å²) in [5.74, 6) is 0.523. The number of rotatable bonds is 3. The second-order valence-electron chi connectivity index (χ2n) is 3.97. The van der Waals surface area contributed by atoms with E-state index in [-0.39, 0.29) is 0 Å². The number of hydrogen-bond acceptors (Lipinski definition) is 3. The van der Waals surface area contributed by atoms with Crippen LogP contribution in [0.5, 0.6) is 0 Å². The van der Waals surface area contributed by atoms with Crippen LogP contribution in [0.25, 0.3) is 22.6 Å². The summed E-state index contributed by atoms with van der Waals surface area (Å²) in [6, 6.07) is 12.5. The molecule has 4 nitrogen and oxygen atoms in total. The SMILES string of the molecule is O=CNc1ccc2oc(-c3ccc(Cl)cc3)nc2c1. The number of amides is 1. The molecule has 1 aromatic heterocycles. The van der Waals surface area contributed by atoms with Crippen LogP contribution in [0.4, 0.5) is 5.69 Å². The standard InChI is InChI=1S/C14H9ClN2O2/c15-10-3-1-9(2-4-10)14-17-12-7-11(16-8-18)5-6-13(12)19-14/h1-8H,(H,16,18). The number of carbonyl (C=O) groups excluding carboxylic acids is 1. The number of aromatic nitrogens is 1. The molecule has 1 heterocycles. The molecule has 0 aliphatic carbocycles. The monoisotopic (exact) mass is 272 g/mol. The Balaban J connectivity index is 2.05. The Morgan fingerprint density at radius 1 is 1.16 bits per heavy atom. The Morgan fingerprint density at radius 2 is 1.95 bits per heavy atom. The van der Waals surface area contributed by atoms with Crippen LogP contribution in [0, 0.1) is 0 Å². The Morgan fingerprint density at radius 3 is 2.68 bits per heavy atom. The predicted octanol–water partition coefficient (Wildman–Crippen LogP) is 3.72. The smallest absolute Gasteiger partial charge is 0.227 e. The molecule has 1 amide bonds. The van der Waals surface area contributed by atoms with Gasteiger partial charge in [0, 0.05) is 16.3 Å². The third-order valence-electron chi connectivity index (χ3n) is 2.70. The molecule has 0 saturated carbocycles. The average molecular weight is 273 g/mol. The Kier molecular flexibility index (Phi) is 2.93. The summed E-state index contributed by atoms with van der Waals surface area (Å²) in [5, 5.41) is 3.24. The molecule has 0 bridgehead atoms. The van der Waals surface area contributed by atoms with Gasteiger partial charge < -0.3 is 9.73 Å². The number of hydrogen-bond donors (Lipinski definition) is 1. The maximum absolute atomic E-state index is 10.4. The van der Waals surface area contributed by atoms with Crippen molar-refractivity contribution in [2.45, 2.75) is 0 Å². The molecular formula is C14H9ClN2O2. The van der Waals surface area contributed by atoms with Gasteiger partial charge in [0.05, 0.1) is 0 Å². The minimum atomic E-state index is 0.523. The zero-order chi connectivity index (χ0) is 13.2. The fraction of sp³-hybridized carbons (Fsp3) is 0. The molecule has 94 valence electrons. The number of carbonyl (C=O) groups is 1. The quantitative estimate of drug-likeness (QED) is 0.739. The second kappa shape index (κ2) is 4.74. The number of benzene rings is 2. The van der Waals surface area contributed by atoms with Crippen molar-refractivity contribution >= 4 is 34.8 Å². The van der Waals surface area contributed by atoms with Gasteiger partial charge >= 0.3 is 0 Å². The molecule has 0 radical (unpaired) electrons. The molecule has 0 aliphatic rings. The number of oxazole rings is 1. The van der Waals surface area contributed by atoms with Crippen LogP contribution < -0.4 is 5.32 Å². The highest BCUT2D eigenvalue weighted by molar-refractivity contribution is 6.30. The van der Waals surface area contributed by atoms with E-state index in [2.05, 4.69) is 10.3 Å². The summed E-state index contributed by atoms with van der Waals surface area (Å²) in [6.45, 7) is 0. The maximum atomic E-state index is 10.4. The number of fused-ring (bicyclic) bond motifs is 1. The highest BCUT2D eigenvalue weighted by Gasteiger charge is 2.08. The maximum Gasteiger partial charge on any atom is 0.227 e. The molecule has 3 rings (SSSR count). The Hall–Kier alpha value is -2.33. The molecule has 5 heteroatoms. The number of halogens is 1. The van der Waals surface area contributed by atoms with Gasteiger partial charge in [-0.2, -0.15) is 0 Å². The zero-order valence-corrected chi connectivity index (χ0v) is 10.5. The average Bonchev–Trinajstić information content (AvgIpc) is 2.83. The highest BCUT2D eigenvalue weighted by Crippen LogP contribution is 2.26. The minimum absolute atomic E-state index is 0.523. The van der Waals surface area contributed by atoms with Crippen molar-refractivity contribution in [1.82, 2.24) is 4.98 Å². The van der Waals surface area contributed by atoms with E-state index in [1.807, 2.05) is 12.1 Å². The van der Waals surface area contributed by atoms with Gasteiger partial charge in [-0.3, -0.25) is 4.79 Å². The van der Waals surface area contributed by atoms with Crippen molar-refractivity contribution in [3.05, 3.63) is 47.5 Å². The van der Waals surface area contributed by atoms with Crippen LogP contribution in [0.3, 0.4) is 0 Å². The van der Waals surface area contributed by atoms with Crippen LogP contribution in [0.1, 0.15) is 0 Å². The molecule has 3 aromatic rings. The van der Waals surface area contributed by atoms with E-state index in [4.69, 9.17) is 16.0 Å². The van der Waals surface area contributed by atoms with Crippen molar-refractivity contribution in [2.75, 3.05) is 5.32 Å². The van der Waals surface area contributed by atoms with Crippen molar-refractivity contribution in [2.24, 2.45) is 0 Å². The van der Waals surface area contributed by atoms with Gasteiger partial charge in [0.1, 0.15) is 5.52 Å². The van der Waals surface area contributed by atoms with E-state index in [1.165, 1.54) is 0 Å². The minimum Gasteiger partial charge on any atom is -0.436 e.